The SMILES string of the molecule is CC(C)(C)c1ccc(N2c3ccc(cc3)C(C)(C)CC(C)(C)c3ccc(cc3)N(c3ccc(C(C)(C)C)cc3)c3cc4c(c5ccccc35)-c3c5cc(c6ccccc36)N(c3ccc(C(C)(C)C)cc3)c3ccc(cc3)C(C)(C)CC(C)(C)c3ccc(cc3)N(c3ccc(C(C)(C)C)cc3)c3cc6c(c7ccccc37)-c3c(cc2c2ccccc32)C6(C(C)(C)C)C45C(C)(C)C)cc1. The predicted octanol–water partition coefficient (Wildman–Crippen LogP) is 36.6. The lowest BCUT2D eigenvalue weighted by Crippen LogP contribution is -2.62. The lowest BCUT2D eigenvalue weighted by atomic mass is 9.39. The van der Waals surface area contributed by atoms with Crippen molar-refractivity contribution in [2.75, 3.05) is 19.6 Å². The highest BCUT2D eigenvalue weighted by molar-refractivity contribution is 6.22. The van der Waals surface area contributed by atoms with E-state index >= 15 is 0 Å². The summed E-state index contributed by atoms with van der Waals surface area (Å²) in [6.45, 7) is 63.7. The van der Waals surface area contributed by atoms with E-state index in [0.717, 1.165) is 81.1 Å². The number of rotatable bonds is 4. The molecule has 16 aromatic carbocycles. The van der Waals surface area contributed by atoms with Crippen molar-refractivity contribution in [3.8, 4) is 22.3 Å². The summed E-state index contributed by atoms with van der Waals surface area (Å²) in [4.78, 5) is 10.6. The van der Waals surface area contributed by atoms with Crippen LogP contribution in [0.2, 0.25) is 0 Å². The van der Waals surface area contributed by atoms with Crippen LogP contribution in [0, 0.1) is 10.8 Å². The minimum Gasteiger partial charge on any atom is -0.310 e. The maximum atomic E-state index is 2.79. The maximum Gasteiger partial charge on any atom is 0.0543 e. The van der Waals surface area contributed by atoms with E-state index < -0.39 is 21.7 Å². The number of benzene rings is 16. The number of anilines is 12. The van der Waals surface area contributed by atoms with E-state index in [4.69, 9.17) is 0 Å². The highest BCUT2D eigenvalue weighted by Crippen LogP contribution is 2.79. The van der Waals surface area contributed by atoms with Crippen LogP contribution < -0.4 is 19.6 Å². The van der Waals surface area contributed by atoms with E-state index in [0.29, 0.717) is 0 Å². The van der Waals surface area contributed by atoms with Gasteiger partial charge in [-0.25, -0.2) is 0 Å². The molecule has 4 heteroatoms. The molecule has 0 saturated carbocycles. The summed E-state index contributed by atoms with van der Waals surface area (Å²) in [5.41, 5.74) is 29.0. The minimum absolute atomic E-state index is 0.0969. The first-order valence-corrected chi connectivity index (χ1v) is 48.5. The number of fused-ring (bicyclic) bond motifs is 14. The van der Waals surface area contributed by atoms with Crippen molar-refractivity contribution in [2.24, 2.45) is 10.8 Å². The van der Waals surface area contributed by atoms with Crippen molar-refractivity contribution < 1.29 is 0 Å². The summed E-state index contributed by atoms with van der Waals surface area (Å²) in [6.07, 6.45) is 1.82. The van der Waals surface area contributed by atoms with Crippen LogP contribution in [-0.4, -0.2) is 0 Å². The van der Waals surface area contributed by atoms with E-state index in [2.05, 4.69) is 515 Å². The highest BCUT2D eigenvalue weighted by atomic mass is 15.2. The smallest absolute Gasteiger partial charge is 0.0543 e. The van der Waals surface area contributed by atoms with Gasteiger partial charge in [-0.3, -0.25) is 0 Å². The molecule has 132 heavy (non-hydrogen) atoms. The van der Waals surface area contributed by atoms with Crippen LogP contribution in [0.25, 0.3) is 65.3 Å². The van der Waals surface area contributed by atoms with Gasteiger partial charge in [0, 0.05) is 77.9 Å². The fourth-order valence-electron chi connectivity index (χ4n) is 25.3. The van der Waals surface area contributed by atoms with Crippen LogP contribution in [-0.2, 0) is 54.1 Å². The topological polar surface area (TPSA) is 13.0 Å². The van der Waals surface area contributed by atoms with Crippen molar-refractivity contribution in [2.45, 2.75) is 247 Å². The van der Waals surface area contributed by atoms with Crippen LogP contribution in [0.4, 0.5) is 68.2 Å². The van der Waals surface area contributed by atoms with E-state index in [9.17, 15) is 0 Å². The lowest BCUT2D eigenvalue weighted by Gasteiger charge is -2.62. The fourth-order valence-corrected chi connectivity index (χ4v) is 25.3. The van der Waals surface area contributed by atoms with E-state index in [1.165, 1.54) is 132 Å². The third kappa shape index (κ3) is 13.7. The van der Waals surface area contributed by atoms with E-state index in [-0.39, 0.29) is 43.3 Å². The third-order valence-electron chi connectivity index (χ3n) is 31.3. The Balaban J connectivity index is 1.06. The summed E-state index contributed by atoms with van der Waals surface area (Å²) in [6, 6.07) is 127. The Bertz CT molecular complexity index is 6380. The molecule has 0 spiro atoms. The Hall–Kier alpha value is -12.2. The summed E-state index contributed by atoms with van der Waals surface area (Å²) >= 11 is 0. The van der Waals surface area contributed by atoms with Crippen LogP contribution in [0.5, 0.6) is 0 Å². The molecule has 6 heterocycles. The first kappa shape index (κ1) is 87.7. The van der Waals surface area contributed by atoms with Gasteiger partial charge in [-0.2, -0.15) is 0 Å². The van der Waals surface area contributed by atoms with Gasteiger partial charge in [0.25, 0.3) is 0 Å². The summed E-state index contributed by atoms with van der Waals surface area (Å²) in [5, 5.41) is 9.57. The van der Waals surface area contributed by atoms with Crippen LogP contribution >= 0.6 is 0 Å². The molecular weight excluding hydrogens is 1590 g/mol. The molecule has 16 bridgehead atoms. The molecule has 0 radical (unpaired) electrons. The van der Waals surface area contributed by atoms with Crippen molar-refractivity contribution >= 4 is 111 Å². The molecule has 8 aliphatic rings. The van der Waals surface area contributed by atoms with Gasteiger partial charge in [-0.05, 0) is 299 Å². The second-order valence-electron chi connectivity index (χ2n) is 48.1. The molecule has 0 atom stereocenters. The monoisotopic (exact) mass is 1730 g/mol. The molecular formula is C128H134N4. The van der Waals surface area contributed by atoms with Crippen molar-refractivity contribution in [1.82, 2.24) is 0 Å². The van der Waals surface area contributed by atoms with Crippen LogP contribution in [0.15, 0.2) is 315 Å². The zero-order valence-electron chi connectivity index (χ0n) is 83.2. The maximum absolute atomic E-state index is 2.79. The first-order chi connectivity index (χ1) is 62.2. The number of hydrogen-bond donors (Lipinski definition) is 0. The van der Waals surface area contributed by atoms with Gasteiger partial charge in [0.05, 0.1) is 22.7 Å². The molecule has 6 aliphatic heterocycles. The molecule has 0 amide bonds. The van der Waals surface area contributed by atoms with Gasteiger partial charge in [0.1, 0.15) is 0 Å². The van der Waals surface area contributed by atoms with Gasteiger partial charge in [-0.15, -0.1) is 0 Å². The zero-order valence-corrected chi connectivity index (χ0v) is 83.2. The van der Waals surface area contributed by atoms with Crippen molar-refractivity contribution in [3.05, 3.63) is 382 Å². The zero-order chi connectivity index (χ0) is 93.3. The number of nitrogens with zero attached hydrogens (tertiary/aromatic N) is 4. The Kier molecular flexibility index (Phi) is 20.0. The highest BCUT2D eigenvalue weighted by Gasteiger charge is 2.72. The predicted molar refractivity (Wildman–Crippen MR) is 569 cm³/mol. The summed E-state index contributed by atoms with van der Waals surface area (Å²) in [5.74, 6) is 0. The molecule has 16 aromatic rings. The minimum atomic E-state index is -1.10. The van der Waals surface area contributed by atoms with Gasteiger partial charge in [-0.1, -0.05) is 374 Å². The molecule has 4 nitrogen and oxygen atoms in total. The Labute approximate surface area is 787 Å². The summed E-state index contributed by atoms with van der Waals surface area (Å²) in [7, 11) is 0. The Morgan fingerprint density at radius 1 is 0.189 bits per heavy atom. The van der Waals surface area contributed by atoms with Crippen LogP contribution in [0.1, 0.15) is 260 Å². The largest absolute Gasteiger partial charge is 0.310 e. The third-order valence-corrected chi connectivity index (χ3v) is 31.3. The van der Waals surface area contributed by atoms with Gasteiger partial charge < -0.3 is 19.6 Å². The molecule has 0 aromatic heterocycles. The Morgan fingerprint density at radius 3 is 0.492 bits per heavy atom. The van der Waals surface area contributed by atoms with Crippen LogP contribution in [0.3, 0.4) is 0 Å². The molecule has 0 unspecified atom stereocenters. The van der Waals surface area contributed by atoms with Gasteiger partial charge >= 0.3 is 0 Å². The van der Waals surface area contributed by atoms with Gasteiger partial charge in [0.15, 0.2) is 0 Å². The lowest BCUT2D eigenvalue weighted by molar-refractivity contribution is 0.0596. The summed E-state index contributed by atoms with van der Waals surface area (Å²) < 4.78 is 0. The second-order valence-corrected chi connectivity index (χ2v) is 48.1. The van der Waals surface area contributed by atoms with Crippen molar-refractivity contribution in [1.29, 1.82) is 0 Å². The molecule has 24 rings (SSSR count). The fraction of sp³-hybridized carbons (Fsp3) is 0.312. The standard InChI is InChI=1S/C128H134N4/c1-117(2,3)81-43-59-89(60-44-81)129-93-67-51-85(52-68-93)123(19,20)79-124(21,22)86-53-69-95(70-54-86)131(91-63-47-83(48-64-91)119(7,8)9)111-77-107-115(103-41-33-29-37-99(103)111)116-104-42-34-30-38-100(104)112-78-108(116)128(107,122(16,17)18)127(121(13,14)15)105-75-109(129)97-35-27-31-39-101(97)113(105)114-102-40-32-28-36-98(102)110(76-106(114)127)130(90-61-45-82(46-62-90)118(4,5)6)94-71-55-87(56-72-94)125(23,24)80-126(25,26)88-57-73-96(74-58-88)132(112)92-65-49-84(50-66-92)120(10,11)12/h27-78H,79-80H2,1-26H3. The van der Waals surface area contributed by atoms with E-state index in [1.807, 2.05) is 0 Å². The molecule has 666 valence electrons. The molecule has 2 aliphatic carbocycles. The average molecular weight is 1730 g/mol. The normalized spacial score (nSPS) is 16.7. The van der Waals surface area contributed by atoms with Gasteiger partial charge in [0.2, 0.25) is 0 Å². The molecule has 0 N–H and O–H groups in total. The quantitative estimate of drug-likeness (QED) is 0.174. The Morgan fingerprint density at radius 2 is 0.341 bits per heavy atom. The first-order valence-electron chi connectivity index (χ1n) is 48.5. The average Bonchev–Trinajstić information content (AvgIpc) is 1.45. The molecule has 0 fully saturated rings. The van der Waals surface area contributed by atoms with Crippen molar-refractivity contribution in [3.63, 3.8) is 0 Å². The number of hydrogen-bond acceptors (Lipinski definition) is 4. The second kappa shape index (κ2) is 30.1. The molecule has 0 saturated heterocycles. The van der Waals surface area contributed by atoms with E-state index in [1.54, 1.807) is 0 Å².